The first-order chi connectivity index (χ1) is 8.03. The van der Waals surface area contributed by atoms with Crippen LogP contribution in [0.3, 0.4) is 0 Å². The monoisotopic (exact) mass is 227 g/mol. The van der Waals surface area contributed by atoms with E-state index in [1.54, 1.807) is 0 Å². The zero-order chi connectivity index (χ0) is 12.5. The van der Waals surface area contributed by atoms with Crippen LogP contribution < -0.4 is 5.32 Å². The van der Waals surface area contributed by atoms with Gasteiger partial charge in [0.05, 0.1) is 6.07 Å². The summed E-state index contributed by atoms with van der Waals surface area (Å²) < 4.78 is 2.12. The lowest BCUT2D eigenvalue weighted by Crippen LogP contribution is -2.36. The van der Waals surface area contributed by atoms with E-state index in [2.05, 4.69) is 34.3 Å². The Bertz CT molecular complexity index is 573. The highest BCUT2D eigenvalue weighted by atomic mass is 15.0. The van der Waals surface area contributed by atoms with Crippen LogP contribution in [0.5, 0.6) is 0 Å². The van der Waals surface area contributed by atoms with Gasteiger partial charge in [0.2, 0.25) is 0 Å². The summed E-state index contributed by atoms with van der Waals surface area (Å²) >= 11 is 0. The highest BCUT2D eigenvalue weighted by Gasteiger charge is 2.16. The zero-order valence-electron chi connectivity index (χ0n) is 10.5. The van der Waals surface area contributed by atoms with Crippen molar-refractivity contribution in [3.05, 3.63) is 36.0 Å². The largest absolute Gasteiger partial charge is 0.350 e. The fraction of sp³-hybridized carbons (Fsp3) is 0.357. The summed E-state index contributed by atoms with van der Waals surface area (Å²) in [5.74, 6) is 0. The van der Waals surface area contributed by atoms with Crippen molar-refractivity contribution in [2.45, 2.75) is 25.9 Å². The van der Waals surface area contributed by atoms with Crippen LogP contribution in [0.1, 0.15) is 19.4 Å². The number of aryl methyl sites for hydroxylation is 1. The lowest BCUT2D eigenvalue weighted by atomic mass is 10.1. The van der Waals surface area contributed by atoms with E-state index >= 15 is 0 Å². The Hall–Kier alpha value is -1.79. The molecular weight excluding hydrogens is 210 g/mol. The van der Waals surface area contributed by atoms with Crippen molar-refractivity contribution < 1.29 is 0 Å². The lowest BCUT2D eigenvalue weighted by molar-refractivity contribution is 0.486. The van der Waals surface area contributed by atoms with Gasteiger partial charge in [-0.3, -0.25) is 5.32 Å². The molecule has 0 saturated heterocycles. The quantitative estimate of drug-likeness (QED) is 0.875. The van der Waals surface area contributed by atoms with Gasteiger partial charge in [-0.1, -0.05) is 18.2 Å². The fourth-order valence-electron chi connectivity index (χ4n) is 1.92. The minimum atomic E-state index is -0.489. The van der Waals surface area contributed by atoms with Crippen LogP contribution in [0, 0.1) is 11.3 Å². The maximum absolute atomic E-state index is 8.97. The van der Waals surface area contributed by atoms with Gasteiger partial charge in [0.15, 0.2) is 0 Å². The summed E-state index contributed by atoms with van der Waals surface area (Å²) in [6.07, 6.45) is 2.12. The minimum Gasteiger partial charge on any atom is -0.350 e. The average molecular weight is 227 g/mol. The van der Waals surface area contributed by atoms with Crippen LogP contribution in [0.2, 0.25) is 0 Å². The van der Waals surface area contributed by atoms with Crippen molar-refractivity contribution in [2.24, 2.45) is 7.05 Å². The number of hydrogen-bond acceptors (Lipinski definition) is 2. The van der Waals surface area contributed by atoms with Gasteiger partial charge in [-0.25, -0.2) is 0 Å². The van der Waals surface area contributed by atoms with Gasteiger partial charge >= 0.3 is 0 Å². The minimum absolute atomic E-state index is 0.489. The number of hydrogen-bond donors (Lipinski definition) is 1. The second kappa shape index (κ2) is 4.23. The predicted molar refractivity (Wildman–Crippen MR) is 69.5 cm³/mol. The van der Waals surface area contributed by atoms with Crippen LogP contribution >= 0.6 is 0 Å². The molecule has 1 aromatic heterocycles. The number of rotatable bonds is 3. The molecule has 1 heterocycles. The number of fused-ring (bicyclic) bond motifs is 1. The van der Waals surface area contributed by atoms with Crippen LogP contribution in [-0.4, -0.2) is 10.1 Å². The number of nitrogens with one attached hydrogen (secondary N) is 1. The molecule has 3 nitrogen and oxygen atoms in total. The Kier molecular flexibility index (Phi) is 2.91. The van der Waals surface area contributed by atoms with E-state index in [0.717, 1.165) is 0 Å². The van der Waals surface area contributed by atoms with Crippen molar-refractivity contribution in [3.63, 3.8) is 0 Å². The number of benzene rings is 1. The second-order valence-electron chi connectivity index (χ2n) is 4.87. The molecule has 0 aliphatic rings. The van der Waals surface area contributed by atoms with Gasteiger partial charge in [0.25, 0.3) is 0 Å². The topological polar surface area (TPSA) is 40.8 Å². The van der Waals surface area contributed by atoms with E-state index in [-0.39, 0.29) is 0 Å². The number of nitriles is 1. The molecule has 0 aliphatic heterocycles. The van der Waals surface area contributed by atoms with E-state index in [1.165, 1.54) is 16.5 Å². The van der Waals surface area contributed by atoms with E-state index in [1.807, 2.05) is 33.0 Å². The molecule has 1 aromatic carbocycles. The Balaban J connectivity index is 2.29. The van der Waals surface area contributed by atoms with E-state index in [9.17, 15) is 0 Å². The molecule has 3 heteroatoms. The van der Waals surface area contributed by atoms with Gasteiger partial charge in [-0.2, -0.15) is 5.26 Å². The van der Waals surface area contributed by atoms with Crippen molar-refractivity contribution in [2.75, 3.05) is 0 Å². The molecule has 88 valence electrons. The summed E-state index contributed by atoms with van der Waals surface area (Å²) in [5, 5.41) is 13.5. The molecule has 0 atom stereocenters. The standard InChI is InChI=1S/C14H17N3/c1-14(2,10-15)16-8-11-9-17(3)13-7-5-4-6-12(11)13/h4-7,9,16H,8H2,1-3H3. The third kappa shape index (κ3) is 2.32. The summed E-state index contributed by atoms with van der Waals surface area (Å²) in [7, 11) is 2.04. The van der Waals surface area contributed by atoms with Crippen LogP contribution in [0.15, 0.2) is 30.5 Å². The molecule has 0 bridgehead atoms. The zero-order valence-corrected chi connectivity index (χ0v) is 10.5. The van der Waals surface area contributed by atoms with Gasteiger partial charge < -0.3 is 4.57 Å². The smallest absolute Gasteiger partial charge is 0.101 e. The first-order valence-corrected chi connectivity index (χ1v) is 5.73. The maximum atomic E-state index is 8.97. The van der Waals surface area contributed by atoms with Crippen LogP contribution in [-0.2, 0) is 13.6 Å². The predicted octanol–water partition coefficient (Wildman–Crippen LogP) is 2.57. The summed E-state index contributed by atoms with van der Waals surface area (Å²) in [5.41, 5.74) is 1.96. The Morgan fingerprint density at radius 2 is 2.06 bits per heavy atom. The van der Waals surface area contributed by atoms with E-state index < -0.39 is 5.54 Å². The molecular formula is C14H17N3. The first kappa shape index (κ1) is 11.7. The number of nitrogens with zero attached hydrogens (tertiary/aromatic N) is 2. The van der Waals surface area contributed by atoms with Crippen LogP contribution in [0.25, 0.3) is 10.9 Å². The molecule has 0 fully saturated rings. The van der Waals surface area contributed by atoms with Crippen molar-refractivity contribution in [3.8, 4) is 6.07 Å². The van der Waals surface area contributed by atoms with E-state index in [0.29, 0.717) is 6.54 Å². The molecule has 2 aromatic rings. The summed E-state index contributed by atoms with van der Waals surface area (Å²) in [4.78, 5) is 0. The highest BCUT2D eigenvalue weighted by Crippen LogP contribution is 2.20. The third-order valence-corrected chi connectivity index (χ3v) is 2.98. The van der Waals surface area contributed by atoms with Crippen LogP contribution in [0.4, 0.5) is 0 Å². The number of para-hydroxylation sites is 1. The molecule has 0 aliphatic carbocycles. The molecule has 0 unspecified atom stereocenters. The van der Waals surface area contributed by atoms with E-state index in [4.69, 9.17) is 5.26 Å². The van der Waals surface area contributed by atoms with Gasteiger partial charge in [0.1, 0.15) is 5.54 Å². The molecule has 0 saturated carbocycles. The number of aromatic nitrogens is 1. The molecule has 0 radical (unpaired) electrons. The summed E-state index contributed by atoms with van der Waals surface area (Å²) in [6.45, 7) is 4.48. The molecule has 0 amide bonds. The average Bonchev–Trinajstić information content (AvgIpc) is 2.65. The first-order valence-electron chi connectivity index (χ1n) is 5.73. The SMILES string of the molecule is Cn1cc(CNC(C)(C)C#N)c2ccccc21. The van der Waals surface area contributed by atoms with Gasteiger partial charge in [-0.15, -0.1) is 0 Å². The van der Waals surface area contributed by atoms with Crippen molar-refractivity contribution in [1.29, 1.82) is 5.26 Å². The Labute approximate surface area is 102 Å². The maximum Gasteiger partial charge on any atom is 0.101 e. The molecule has 2 rings (SSSR count). The Morgan fingerprint density at radius 3 is 2.76 bits per heavy atom. The third-order valence-electron chi connectivity index (χ3n) is 2.98. The fourth-order valence-corrected chi connectivity index (χ4v) is 1.92. The molecule has 17 heavy (non-hydrogen) atoms. The highest BCUT2D eigenvalue weighted by molar-refractivity contribution is 5.83. The second-order valence-corrected chi connectivity index (χ2v) is 4.87. The normalized spacial score (nSPS) is 11.6. The Morgan fingerprint density at radius 1 is 1.35 bits per heavy atom. The lowest BCUT2D eigenvalue weighted by Gasteiger charge is -2.16. The molecule has 1 N–H and O–H groups in total. The van der Waals surface area contributed by atoms with Crippen molar-refractivity contribution in [1.82, 2.24) is 9.88 Å². The van der Waals surface area contributed by atoms with Gasteiger partial charge in [0, 0.05) is 30.7 Å². The summed E-state index contributed by atoms with van der Waals surface area (Å²) in [6, 6.07) is 10.6. The molecule has 0 spiro atoms. The van der Waals surface area contributed by atoms with Gasteiger partial charge in [-0.05, 0) is 25.5 Å². The van der Waals surface area contributed by atoms with Crippen molar-refractivity contribution >= 4 is 10.9 Å².